The third-order valence-electron chi connectivity index (χ3n) is 2.95. The monoisotopic (exact) mass is 355 g/mol. The molecule has 2 N–H and O–H groups in total. The van der Waals surface area contributed by atoms with Crippen LogP contribution in [0.25, 0.3) is 0 Å². The molecule has 0 heterocycles. The van der Waals surface area contributed by atoms with Crippen LogP contribution in [0.1, 0.15) is 0 Å². The first kappa shape index (κ1) is 17.2. The van der Waals surface area contributed by atoms with Crippen molar-refractivity contribution < 1.29 is 13.3 Å². The summed E-state index contributed by atoms with van der Waals surface area (Å²) < 4.78 is 26.4. The molecule has 2 rings (SSSR count). The smallest absolute Gasteiger partial charge is 0.271 e. The molecule has 9 heteroatoms. The van der Waals surface area contributed by atoms with Crippen LogP contribution in [0, 0.1) is 10.1 Å². The van der Waals surface area contributed by atoms with Crippen molar-refractivity contribution in [2.24, 2.45) is 0 Å². The molecule has 0 saturated heterocycles. The van der Waals surface area contributed by atoms with Crippen LogP contribution in [-0.4, -0.2) is 26.4 Å². The van der Waals surface area contributed by atoms with Gasteiger partial charge in [0.15, 0.2) is 0 Å². The predicted molar refractivity (Wildman–Crippen MR) is 88.2 cm³/mol. The van der Waals surface area contributed by atoms with E-state index >= 15 is 0 Å². The minimum atomic E-state index is -3.56. The molecular formula is C14H14ClN3O4S. The summed E-state index contributed by atoms with van der Waals surface area (Å²) in [7, 11) is -3.56. The lowest BCUT2D eigenvalue weighted by Gasteiger charge is -2.10. The van der Waals surface area contributed by atoms with Gasteiger partial charge in [0.05, 0.1) is 20.5 Å². The van der Waals surface area contributed by atoms with Gasteiger partial charge in [-0.15, -0.1) is 0 Å². The number of benzene rings is 2. The number of non-ortho nitro benzene ring substituents is 1. The zero-order chi connectivity index (χ0) is 16.9. The Morgan fingerprint density at radius 3 is 2.39 bits per heavy atom. The van der Waals surface area contributed by atoms with E-state index in [1.165, 1.54) is 30.3 Å². The lowest BCUT2D eigenvalue weighted by atomic mass is 10.3. The number of anilines is 1. The highest BCUT2D eigenvalue weighted by Crippen LogP contribution is 2.26. The van der Waals surface area contributed by atoms with E-state index in [-0.39, 0.29) is 28.7 Å². The minimum absolute atomic E-state index is 0.106. The highest BCUT2D eigenvalue weighted by molar-refractivity contribution is 7.89. The van der Waals surface area contributed by atoms with Crippen molar-refractivity contribution in [2.75, 3.05) is 18.4 Å². The Morgan fingerprint density at radius 1 is 1.09 bits per heavy atom. The number of nitro benzene ring substituents is 1. The largest absolute Gasteiger partial charge is 0.383 e. The van der Waals surface area contributed by atoms with Crippen molar-refractivity contribution >= 4 is 33.0 Å². The fraction of sp³-hybridized carbons (Fsp3) is 0.143. The number of rotatable bonds is 7. The van der Waals surface area contributed by atoms with Crippen molar-refractivity contribution in [2.45, 2.75) is 4.90 Å². The summed E-state index contributed by atoms with van der Waals surface area (Å²) in [6.07, 6.45) is 0. The number of sulfonamides is 1. The van der Waals surface area contributed by atoms with Crippen molar-refractivity contribution in [1.29, 1.82) is 0 Å². The third-order valence-corrected chi connectivity index (χ3v) is 4.74. The molecule has 7 nitrogen and oxygen atoms in total. The van der Waals surface area contributed by atoms with Crippen molar-refractivity contribution in [3.63, 3.8) is 0 Å². The average Bonchev–Trinajstić information content (AvgIpc) is 2.53. The molecule has 0 radical (unpaired) electrons. The molecular weight excluding hydrogens is 342 g/mol. The van der Waals surface area contributed by atoms with Crippen LogP contribution in [0.5, 0.6) is 0 Å². The molecule has 0 saturated carbocycles. The number of halogens is 1. The van der Waals surface area contributed by atoms with Crippen molar-refractivity contribution in [1.82, 2.24) is 4.72 Å². The average molecular weight is 356 g/mol. The van der Waals surface area contributed by atoms with Gasteiger partial charge in [-0.1, -0.05) is 29.8 Å². The maximum atomic E-state index is 12.0. The quantitative estimate of drug-likeness (QED) is 0.451. The van der Waals surface area contributed by atoms with Gasteiger partial charge in [-0.2, -0.15) is 0 Å². The van der Waals surface area contributed by atoms with E-state index in [9.17, 15) is 18.5 Å². The second-order valence-electron chi connectivity index (χ2n) is 4.56. The highest BCUT2D eigenvalue weighted by atomic mass is 35.5. The molecule has 0 unspecified atom stereocenters. The molecule has 0 aliphatic rings. The third kappa shape index (κ3) is 4.65. The van der Waals surface area contributed by atoms with E-state index in [0.717, 1.165) is 0 Å². The Kier molecular flexibility index (Phi) is 5.54. The number of hydrogen-bond donors (Lipinski definition) is 2. The first-order chi connectivity index (χ1) is 10.9. The molecule has 0 spiro atoms. The Labute approximate surface area is 138 Å². The van der Waals surface area contributed by atoms with Gasteiger partial charge in [-0.05, 0) is 18.2 Å². The second kappa shape index (κ2) is 7.40. The van der Waals surface area contributed by atoms with Gasteiger partial charge < -0.3 is 5.32 Å². The molecule has 0 amide bonds. The van der Waals surface area contributed by atoms with E-state index < -0.39 is 14.9 Å². The molecule has 0 atom stereocenters. The summed E-state index contributed by atoms with van der Waals surface area (Å²) in [6, 6.07) is 12.1. The van der Waals surface area contributed by atoms with Crippen LogP contribution in [0.4, 0.5) is 11.4 Å². The first-order valence-electron chi connectivity index (χ1n) is 6.63. The lowest BCUT2D eigenvalue weighted by molar-refractivity contribution is -0.384. The van der Waals surface area contributed by atoms with Gasteiger partial charge in [0, 0.05) is 25.2 Å². The van der Waals surface area contributed by atoms with Crippen LogP contribution in [-0.2, 0) is 10.0 Å². The van der Waals surface area contributed by atoms with E-state index in [0.29, 0.717) is 5.69 Å². The summed E-state index contributed by atoms with van der Waals surface area (Å²) in [5.41, 5.74) is 0.390. The predicted octanol–water partition coefficient (Wildman–Crippen LogP) is 2.64. The van der Waals surface area contributed by atoms with E-state index in [1.54, 1.807) is 18.2 Å². The summed E-state index contributed by atoms with van der Waals surface area (Å²) in [5.74, 6) is 0. The highest BCUT2D eigenvalue weighted by Gasteiger charge is 2.12. The zero-order valence-corrected chi connectivity index (χ0v) is 13.5. The Bertz CT molecular complexity index is 797. The Balaban J connectivity index is 1.90. The molecule has 122 valence electrons. The van der Waals surface area contributed by atoms with Gasteiger partial charge in [0.1, 0.15) is 0 Å². The SMILES string of the molecule is O=[N+]([O-])c1ccc(NCCNS(=O)(=O)c2ccccc2)c(Cl)c1. The van der Waals surface area contributed by atoms with Crippen molar-refractivity contribution in [3.05, 3.63) is 63.7 Å². The van der Waals surface area contributed by atoms with Crippen LogP contribution in [0.15, 0.2) is 53.4 Å². The topological polar surface area (TPSA) is 101 Å². The fourth-order valence-electron chi connectivity index (χ4n) is 1.83. The second-order valence-corrected chi connectivity index (χ2v) is 6.73. The molecule has 0 aromatic heterocycles. The van der Waals surface area contributed by atoms with E-state index in [4.69, 9.17) is 11.6 Å². The lowest BCUT2D eigenvalue weighted by Crippen LogP contribution is -2.28. The Hall–Kier alpha value is -2.16. The van der Waals surface area contributed by atoms with Gasteiger partial charge in [-0.3, -0.25) is 10.1 Å². The molecule has 0 aliphatic carbocycles. The maximum absolute atomic E-state index is 12.0. The Morgan fingerprint density at radius 2 is 1.78 bits per heavy atom. The minimum Gasteiger partial charge on any atom is -0.383 e. The summed E-state index contributed by atoms with van der Waals surface area (Å²) >= 11 is 5.93. The molecule has 0 fully saturated rings. The van der Waals surface area contributed by atoms with Crippen LogP contribution in [0.3, 0.4) is 0 Å². The van der Waals surface area contributed by atoms with Gasteiger partial charge in [-0.25, -0.2) is 13.1 Å². The first-order valence-corrected chi connectivity index (χ1v) is 8.49. The number of nitro groups is 1. The summed E-state index contributed by atoms with van der Waals surface area (Å²) in [4.78, 5) is 10.3. The van der Waals surface area contributed by atoms with Crippen LogP contribution < -0.4 is 10.0 Å². The van der Waals surface area contributed by atoms with E-state index in [2.05, 4.69) is 10.0 Å². The number of nitrogens with zero attached hydrogens (tertiary/aromatic N) is 1. The molecule has 2 aromatic rings. The van der Waals surface area contributed by atoms with Crippen molar-refractivity contribution in [3.8, 4) is 0 Å². The fourth-order valence-corrected chi connectivity index (χ4v) is 3.12. The molecule has 0 aliphatic heterocycles. The number of nitrogens with one attached hydrogen (secondary N) is 2. The summed E-state index contributed by atoms with van der Waals surface area (Å²) in [6.45, 7) is 0.425. The van der Waals surface area contributed by atoms with E-state index in [1.807, 2.05) is 0 Å². The van der Waals surface area contributed by atoms with Crippen LogP contribution in [0.2, 0.25) is 5.02 Å². The van der Waals surface area contributed by atoms with Gasteiger partial charge in [0.2, 0.25) is 10.0 Å². The molecule has 23 heavy (non-hydrogen) atoms. The number of hydrogen-bond acceptors (Lipinski definition) is 5. The normalized spacial score (nSPS) is 11.2. The maximum Gasteiger partial charge on any atom is 0.271 e. The van der Waals surface area contributed by atoms with Gasteiger partial charge >= 0.3 is 0 Å². The zero-order valence-electron chi connectivity index (χ0n) is 11.9. The summed E-state index contributed by atoms with van der Waals surface area (Å²) in [5, 5.41) is 13.7. The van der Waals surface area contributed by atoms with Gasteiger partial charge in [0.25, 0.3) is 5.69 Å². The molecule has 0 bridgehead atoms. The molecule has 2 aromatic carbocycles. The standard InChI is InChI=1S/C14H14ClN3O4S/c15-13-10-11(18(19)20)6-7-14(13)16-8-9-17-23(21,22)12-4-2-1-3-5-12/h1-7,10,16-17H,8-9H2. The van der Waals surface area contributed by atoms with Crippen LogP contribution >= 0.6 is 11.6 Å².